The van der Waals surface area contributed by atoms with Crippen molar-refractivity contribution in [3.63, 3.8) is 0 Å². The highest BCUT2D eigenvalue weighted by Gasteiger charge is 2.35. The molecule has 8 nitrogen and oxygen atoms in total. The summed E-state index contributed by atoms with van der Waals surface area (Å²) in [4.78, 5) is 26.2. The Morgan fingerprint density at radius 2 is 2.00 bits per heavy atom. The van der Waals surface area contributed by atoms with Crippen LogP contribution in [0.1, 0.15) is 30.6 Å². The zero-order chi connectivity index (χ0) is 20.2. The van der Waals surface area contributed by atoms with Gasteiger partial charge in [-0.3, -0.25) is 4.79 Å². The number of carbonyl (C=O) groups is 2. The van der Waals surface area contributed by atoms with E-state index in [0.717, 1.165) is 0 Å². The number of hydrogen-bond acceptors (Lipinski definition) is 7. The van der Waals surface area contributed by atoms with Crippen LogP contribution in [-0.2, 0) is 19.4 Å². The first-order valence-corrected chi connectivity index (χ1v) is 10.5. The monoisotopic (exact) mass is 399 g/mol. The number of esters is 1. The van der Waals surface area contributed by atoms with E-state index in [2.05, 4.69) is 0 Å². The summed E-state index contributed by atoms with van der Waals surface area (Å²) in [7, 11) is -0.0878. The van der Waals surface area contributed by atoms with E-state index in [1.807, 2.05) is 6.92 Å². The minimum atomic E-state index is -3.11. The van der Waals surface area contributed by atoms with Gasteiger partial charge in [0.25, 0.3) is 5.91 Å². The van der Waals surface area contributed by atoms with Gasteiger partial charge in [-0.05, 0) is 38.5 Å². The first-order valence-electron chi connectivity index (χ1n) is 8.67. The summed E-state index contributed by atoms with van der Waals surface area (Å²) in [5.41, 5.74) is 0.227. The Kier molecular flexibility index (Phi) is 6.69. The van der Waals surface area contributed by atoms with Crippen molar-refractivity contribution < 1.29 is 32.2 Å². The fourth-order valence-corrected chi connectivity index (χ4v) is 4.67. The van der Waals surface area contributed by atoms with E-state index < -0.39 is 33.9 Å². The third-order valence-corrected chi connectivity index (χ3v) is 6.18. The quantitative estimate of drug-likeness (QED) is 0.637. The second kappa shape index (κ2) is 8.60. The molecule has 1 heterocycles. The van der Waals surface area contributed by atoms with Gasteiger partial charge < -0.3 is 19.1 Å². The van der Waals surface area contributed by atoms with E-state index in [9.17, 15) is 18.0 Å². The predicted octanol–water partition coefficient (Wildman–Crippen LogP) is 1.28. The van der Waals surface area contributed by atoms with Gasteiger partial charge in [-0.2, -0.15) is 0 Å². The molecule has 1 aromatic carbocycles. The second-order valence-electron chi connectivity index (χ2n) is 6.35. The molecule has 9 heteroatoms. The Morgan fingerprint density at radius 1 is 1.30 bits per heavy atom. The van der Waals surface area contributed by atoms with Crippen molar-refractivity contribution in [2.75, 3.05) is 32.3 Å². The number of carbonyl (C=O) groups excluding carboxylic acids is 2. The van der Waals surface area contributed by atoms with Gasteiger partial charge in [0.1, 0.15) is 0 Å². The van der Waals surface area contributed by atoms with Crippen LogP contribution in [0.15, 0.2) is 18.2 Å². The largest absolute Gasteiger partial charge is 0.493 e. The Hall–Kier alpha value is -2.29. The molecule has 0 unspecified atom stereocenters. The number of methoxy groups -OCH3 is 1. The summed E-state index contributed by atoms with van der Waals surface area (Å²) in [5, 5.41) is 0. The van der Waals surface area contributed by atoms with Gasteiger partial charge in [-0.25, -0.2) is 13.2 Å². The number of sulfone groups is 1. The van der Waals surface area contributed by atoms with Crippen LogP contribution >= 0.6 is 0 Å². The van der Waals surface area contributed by atoms with Crippen molar-refractivity contribution in [3.8, 4) is 11.5 Å². The lowest BCUT2D eigenvalue weighted by molar-refractivity contribution is -0.140. The maximum Gasteiger partial charge on any atom is 0.339 e. The fraction of sp³-hybridized carbons (Fsp3) is 0.556. The van der Waals surface area contributed by atoms with Gasteiger partial charge in [0, 0.05) is 13.1 Å². The fourth-order valence-electron chi connectivity index (χ4n) is 2.90. The molecule has 0 N–H and O–H groups in total. The number of likely N-dealkylation sites (N-methyl/N-ethyl adjacent to an activating group) is 1. The number of nitrogens with zero attached hydrogens (tertiary/aromatic N) is 1. The summed E-state index contributed by atoms with van der Waals surface area (Å²) in [5.74, 6) is -0.223. The SMILES string of the molecule is CCOc1cc(C(=O)O[C@H](C)C(=O)N(C)[C@@H]2CCS(=O)(=O)C2)ccc1OC. The number of amides is 1. The van der Waals surface area contributed by atoms with Crippen molar-refractivity contribution in [2.45, 2.75) is 32.4 Å². The first-order chi connectivity index (χ1) is 12.7. The maximum atomic E-state index is 12.5. The number of hydrogen-bond donors (Lipinski definition) is 0. The van der Waals surface area contributed by atoms with Gasteiger partial charge >= 0.3 is 5.97 Å². The molecule has 150 valence electrons. The molecule has 0 aromatic heterocycles. The van der Waals surface area contributed by atoms with Crippen LogP contribution in [0.2, 0.25) is 0 Å². The molecule has 2 atom stereocenters. The Morgan fingerprint density at radius 3 is 2.56 bits per heavy atom. The third-order valence-electron chi connectivity index (χ3n) is 4.43. The average Bonchev–Trinajstić information content (AvgIpc) is 3.00. The Balaban J connectivity index is 2.04. The molecular formula is C18H25NO7S. The molecule has 1 fully saturated rings. The molecule has 0 saturated carbocycles. The lowest BCUT2D eigenvalue weighted by atomic mass is 10.2. The minimum absolute atomic E-state index is 0.0634. The van der Waals surface area contributed by atoms with Gasteiger partial charge in [0.15, 0.2) is 27.4 Å². The molecule has 0 aliphatic carbocycles. The van der Waals surface area contributed by atoms with E-state index in [4.69, 9.17) is 14.2 Å². The van der Waals surface area contributed by atoms with Crippen molar-refractivity contribution in [1.29, 1.82) is 0 Å². The first kappa shape index (κ1) is 21.0. The van der Waals surface area contributed by atoms with E-state index in [1.54, 1.807) is 6.07 Å². The van der Waals surface area contributed by atoms with Crippen molar-refractivity contribution in [1.82, 2.24) is 4.90 Å². The number of rotatable bonds is 7. The number of ether oxygens (including phenoxy) is 3. The normalized spacial score (nSPS) is 19.2. The lowest BCUT2D eigenvalue weighted by Gasteiger charge is -2.26. The van der Waals surface area contributed by atoms with Crippen LogP contribution in [0.4, 0.5) is 0 Å². The van der Waals surface area contributed by atoms with Gasteiger partial charge in [0.2, 0.25) is 0 Å². The molecule has 1 amide bonds. The molecule has 1 aromatic rings. The molecule has 2 rings (SSSR count). The van der Waals surface area contributed by atoms with Crippen LogP contribution in [-0.4, -0.2) is 69.6 Å². The zero-order valence-corrected chi connectivity index (χ0v) is 16.7. The zero-order valence-electron chi connectivity index (χ0n) is 15.9. The summed E-state index contributed by atoms with van der Waals surface area (Å²) >= 11 is 0. The van der Waals surface area contributed by atoms with E-state index in [0.29, 0.717) is 24.5 Å². The van der Waals surface area contributed by atoms with Crippen LogP contribution in [0, 0.1) is 0 Å². The Bertz CT molecular complexity index is 806. The molecule has 0 radical (unpaired) electrons. The minimum Gasteiger partial charge on any atom is -0.493 e. The summed E-state index contributed by atoms with van der Waals surface area (Å²) in [6, 6.07) is 4.21. The van der Waals surface area contributed by atoms with E-state index in [1.165, 1.54) is 38.1 Å². The Labute approximate surface area is 159 Å². The van der Waals surface area contributed by atoms with Crippen LogP contribution < -0.4 is 9.47 Å². The van der Waals surface area contributed by atoms with Crippen LogP contribution in [0.5, 0.6) is 11.5 Å². The lowest BCUT2D eigenvalue weighted by Crippen LogP contribution is -2.44. The van der Waals surface area contributed by atoms with Crippen molar-refractivity contribution >= 4 is 21.7 Å². The maximum absolute atomic E-state index is 12.5. The summed E-state index contributed by atoms with van der Waals surface area (Å²) in [6.45, 7) is 3.68. The predicted molar refractivity (Wildman–Crippen MR) is 98.9 cm³/mol. The highest BCUT2D eigenvalue weighted by atomic mass is 32.2. The molecule has 1 aliphatic heterocycles. The van der Waals surface area contributed by atoms with Gasteiger partial charge in [0.05, 0.1) is 30.8 Å². The smallest absolute Gasteiger partial charge is 0.339 e. The standard InChI is InChI=1S/C18H25NO7S/c1-5-25-16-10-13(6-7-15(16)24-4)18(21)26-12(2)17(20)19(3)14-8-9-27(22,23)11-14/h6-7,10,12,14H,5,8-9,11H2,1-4H3/t12-,14-/m1/s1. The number of benzene rings is 1. The molecule has 0 bridgehead atoms. The molecular weight excluding hydrogens is 374 g/mol. The van der Waals surface area contributed by atoms with Crippen LogP contribution in [0.25, 0.3) is 0 Å². The van der Waals surface area contributed by atoms with Gasteiger partial charge in [-0.1, -0.05) is 0 Å². The summed E-state index contributed by atoms with van der Waals surface area (Å²) in [6.07, 6.45) is -0.648. The van der Waals surface area contributed by atoms with Crippen molar-refractivity contribution in [2.24, 2.45) is 0 Å². The highest BCUT2D eigenvalue weighted by Crippen LogP contribution is 2.28. The highest BCUT2D eigenvalue weighted by molar-refractivity contribution is 7.91. The molecule has 27 heavy (non-hydrogen) atoms. The topological polar surface area (TPSA) is 99.2 Å². The molecule has 0 spiro atoms. The summed E-state index contributed by atoms with van der Waals surface area (Å²) < 4.78 is 39.0. The van der Waals surface area contributed by atoms with Crippen LogP contribution in [0.3, 0.4) is 0 Å². The molecule has 1 aliphatic rings. The second-order valence-corrected chi connectivity index (χ2v) is 8.58. The molecule has 1 saturated heterocycles. The van der Waals surface area contributed by atoms with Gasteiger partial charge in [-0.15, -0.1) is 0 Å². The van der Waals surface area contributed by atoms with E-state index >= 15 is 0 Å². The van der Waals surface area contributed by atoms with Crippen molar-refractivity contribution in [3.05, 3.63) is 23.8 Å². The third kappa shape index (κ3) is 5.12. The van der Waals surface area contributed by atoms with E-state index in [-0.39, 0.29) is 17.1 Å². The average molecular weight is 399 g/mol.